The molecular weight excluding hydrogens is 514 g/mol. The summed E-state index contributed by atoms with van der Waals surface area (Å²) in [5.74, 6) is 2.80. The van der Waals surface area contributed by atoms with Crippen molar-refractivity contribution in [1.29, 1.82) is 0 Å². The SMILES string of the molecule is CCC(C)N(CC(=O)N(CCc1ccc(OC)c(OC)c1)Cc1ccco1)C(=O)Nc1cc(OC)cc(OC)c1. The molecule has 2 aromatic carbocycles. The first-order valence-electron chi connectivity index (χ1n) is 13.1. The number of anilines is 1. The van der Waals surface area contributed by atoms with Gasteiger partial charge >= 0.3 is 6.03 Å². The van der Waals surface area contributed by atoms with Crippen LogP contribution in [0.2, 0.25) is 0 Å². The van der Waals surface area contributed by atoms with E-state index in [1.54, 1.807) is 68.8 Å². The molecule has 0 spiro atoms. The van der Waals surface area contributed by atoms with Crippen LogP contribution >= 0.6 is 0 Å². The fourth-order valence-electron chi connectivity index (χ4n) is 4.15. The molecule has 3 aromatic rings. The third-order valence-electron chi connectivity index (χ3n) is 6.69. The number of benzene rings is 2. The highest BCUT2D eigenvalue weighted by molar-refractivity contribution is 5.93. The molecule has 0 aliphatic rings. The Morgan fingerprint density at radius 2 is 1.62 bits per heavy atom. The van der Waals surface area contributed by atoms with Crippen molar-refractivity contribution >= 4 is 17.6 Å². The van der Waals surface area contributed by atoms with E-state index < -0.39 is 6.03 Å². The lowest BCUT2D eigenvalue weighted by Crippen LogP contribution is -2.48. The van der Waals surface area contributed by atoms with Crippen LogP contribution in [0.1, 0.15) is 31.6 Å². The number of carbonyl (C=O) groups is 2. The van der Waals surface area contributed by atoms with Crippen LogP contribution in [0.4, 0.5) is 10.5 Å². The maximum atomic E-state index is 13.7. The zero-order chi connectivity index (χ0) is 29.1. The monoisotopic (exact) mass is 553 g/mol. The lowest BCUT2D eigenvalue weighted by Gasteiger charge is -2.31. The van der Waals surface area contributed by atoms with E-state index in [2.05, 4.69) is 5.32 Å². The molecule has 0 fully saturated rings. The Morgan fingerprint density at radius 3 is 2.20 bits per heavy atom. The zero-order valence-corrected chi connectivity index (χ0v) is 24.1. The molecule has 0 aliphatic heterocycles. The van der Waals surface area contributed by atoms with Gasteiger partial charge in [-0.2, -0.15) is 0 Å². The molecule has 1 unspecified atom stereocenters. The largest absolute Gasteiger partial charge is 0.497 e. The molecule has 1 N–H and O–H groups in total. The number of hydrogen-bond acceptors (Lipinski definition) is 7. The fraction of sp³-hybridized carbons (Fsp3) is 0.400. The summed E-state index contributed by atoms with van der Waals surface area (Å²) in [5.41, 5.74) is 1.49. The van der Waals surface area contributed by atoms with Crippen molar-refractivity contribution < 1.29 is 33.0 Å². The van der Waals surface area contributed by atoms with Crippen LogP contribution in [0.3, 0.4) is 0 Å². The number of urea groups is 1. The first-order chi connectivity index (χ1) is 19.3. The first-order valence-corrected chi connectivity index (χ1v) is 13.1. The highest BCUT2D eigenvalue weighted by atomic mass is 16.5. The second-order valence-electron chi connectivity index (χ2n) is 9.25. The molecule has 3 rings (SSSR count). The normalized spacial score (nSPS) is 11.3. The van der Waals surface area contributed by atoms with Crippen LogP contribution in [0.25, 0.3) is 0 Å². The predicted octanol–water partition coefficient (Wildman–Crippen LogP) is 5.22. The third kappa shape index (κ3) is 8.08. The van der Waals surface area contributed by atoms with Gasteiger partial charge in [-0.05, 0) is 49.6 Å². The molecule has 1 aromatic heterocycles. The lowest BCUT2D eigenvalue weighted by atomic mass is 10.1. The summed E-state index contributed by atoms with van der Waals surface area (Å²) in [6.45, 7) is 4.48. The van der Waals surface area contributed by atoms with Crippen molar-refractivity contribution in [3.8, 4) is 23.0 Å². The predicted molar refractivity (Wildman–Crippen MR) is 152 cm³/mol. The fourth-order valence-corrected chi connectivity index (χ4v) is 4.15. The summed E-state index contributed by atoms with van der Waals surface area (Å²) in [4.78, 5) is 30.3. The maximum absolute atomic E-state index is 13.7. The van der Waals surface area contributed by atoms with E-state index in [0.717, 1.165) is 5.56 Å². The van der Waals surface area contributed by atoms with E-state index in [4.69, 9.17) is 23.4 Å². The molecule has 0 aliphatic carbocycles. The number of methoxy groups -OCH3 is 4. The molecule has 216 valence electrons. The van der Waals surface area contributed by atoms with Crippen molar-refractivity contribution in [3.63, 3.8) is 0 Å². The quantitative estimate of drug-likeness (QED) is 0.292. The van der Waals surface area contributed by atoms with Gasteiger partial charge in [0, 0.05) is 36.5 Å². The van der Waals surface area contributed by atoms with Crippen LogP contribution in [0.5, 0.6) is 23.0 Å². The minimum absolute atomic E-state index is 0.103. The first kappa shape index (κ1) is 30.2. The van der Waals surface area contributed by atoms with Gasteiger partial charge in [0.1, 0.15) is 23.8 Å². The number of hydrogen-bond donors (Lipinski definition) is 1. The molecule has 3 amide bonds. The number of nitrogens with zero attached hydrogens (tertiary/aromatic N) is 2. The molecule has 0 saturated carbocycles. The van der Waals surface area contributed by atoms with Gasteiger partial charge in [-0.25, -0.2) is 4.79 Å². The van der Waals surface area contributed by atoms with Crippen LogP contribution in [-0.4, -0.2) is 69.3 Å². The van der Waals surface area contributed by atoms with Crippen LogP contribution in [0, 0.1) is 0 Å². The second-order valence-corrected chi connectivity index (χ2v) is 9.25. The van der Waals surface area contributed by atoms with Crippen LogP contribution < -0.4 is 24.3 Å². The van der Waals surface area contributed by atoms with Crippen molar-refractivity contribution in [1.82, 2.24) is 9.80 Å². The molecule has 10 heteroatoms. The number of carbonyl (C=O) groups excluding carboxylic acids is 2. The topological polar surface area (TPSA) is 103 Å². The van der Waals surface area contributed by atoms with E-state index in [1.165, 1.54) is 0 Å². The standard InChI is InChI=1S/C30H39N3O7/c1-7-21(2)33(30(35)31-23-16-25(36-3)18-26(17-23)37-4)20-29(34)32(19-24-9-8-14-40-24)13-12-22-10-11-27(38-5)28(15-22)39-6/h8-11,14-18,21H,7,12-13,19-20H2,1-6H3,(H,31,35). The Morgan fingerprint density at radius 1 is 0.925 bits per heavy atom. The number of furan rings is 1. The van der Waals surface area contributed by atoms with Gasteiger partial charge in [-0.3, -0.25) is 4.79 Å². The highest BCUT2D eigenvalue weighted by Crippen LogP contribution is 2.28. The number of nitrogens with one attached hydrogen (secondary N) is 1. The van der Waals surface area contributed by atoms with Gasteiger partial charge in [0.05, 0.1) is 41.2 Å². The zero-order valence-electron chi connectivity index (χ0n) is 24.1. The third-order valence-corrected chi connectivity index (χ3v) is 6.69. The molecule has 0 radical (unpaired) electrons. The Balaban J connectivity index is 1.78. The Labute approximate surface area is 235 Å². The van der Waals surface area contributed by atoms with Crippen molar-refractivity contribution in [2.45, 2.75) is 39.3 Å². The van der Waals surface area contributed by atoms with Gasteiger partial charge in [0.15, 0.2) is 11.5 Å². The molecule has 1 heterocycles. The van der Waals surface area contributed by atoms with E-state index in [0.29, 0.717) is 53.8 Å². The van der Waals surface area contributed by atoms with Gasteiger partial charge in [0.2, 0.25) is 5.91 Å². The molecule has 1 atom stereocenters. The lowest BCUT2D eigenvalue weighted by molar-refractivity contribution is -0.133. The minimum atomic E-state index is -0.393. The molecule has 40 heavy (non-hydrogen) atoms. The number of amides is 3. The van der Waals surface area contributed by atoms with Crippen molar-refractivity contribution in [2.75, 3.05) is 46.8 Å². The van der Waals surface area contributed by atoms with Crippen molar-refractivity contribution in [2.24, 2.45) is 0 Å². The summed E-state index contributed by atoms with van der Waals surface area (Å²) >= 11 is 0. The summed E-state index contributed by atoms with van der Waals surface area (Å²) in [6.07, 6.45) is 2.82. The van der Waals surface area contributed by atoms with E-state index in [9.17, 15) is 9.59 Å². The Bertz CT molecular complexity index is 1220. The molecular formula is C30H39N3O7. The second kappa shape index (κ2) is 14.7. The van der Waals surface area contributed by atoms with Crippen LogP contribution in [0.15, 0.2) is 59.2 Å². The summed E-state index contributed by atoms with van der Waals surface area (Å²) in [7, 11) is 6.26. The summed E-state index contributed by atoms with van der Waals surface area (Å²) in [6, 6.07) is 13.8. The molecule has 0 bridgehead atoms. The van der Waals surface area contributed by atoms with Gasteiger partial charge < -0.3 is 38.5 Å². The number of ether oxygens (including phenoxy) is 4. The van der Waals surface area contributed by atoms with E-state index >= 15 is 0 Å². The van der Waals surface area contributed by atoms with E-state index in [-0.39, 0.29) is 25.0 Å². The van der Waals surface area contributed by atoms with E-state index in [1.807, 2.05) is 38.1 Å². The summed E-state index contributed by atoms with van der Waals surface area (Å²) in [5, 5.41) is 2.89. The average molecular weight is 554 g/mol. The minimum Gasteiger partial charge on any atom is -0.497 e. The molecule has 10 nitrogen and oxygen atoms in total. The summed E-state index contributed by atoms with van der Waals surface area (Å²) < 4.78 is 26.9. The Kier molecular flexibility index (Phi) is 11.1. The van der Waals surface area contributed by atoms with Gasteiger partial charge in [-0.1, -0.05) is 13.0 Å². The van der Waals surface area contributed by atoms with Gasteiger partial charge in [0.25, 0.3) is 0 Å². The average Bonchev–Trinajstić information content (AvgIpc) is 3.50. The maximum Gasteiger partial charge on any atom is 0.322 e. The van der Waals surface area contributed by atoms with Crippen LogP contribution in [-0.2, 0) is 17.8 Å². The smallest absolute Gasteiger partial charge is 0.322 e. The number of rotatable bonds is 14. The Hall–Kier alpha value is -4.34. The molecule has 0 saturated heterocycles. The van der Waals surface area contributed by atoms with Crippen molar-refractivity contribution in [3.05, 3.63) is 66.1 Å². The van der Waals surface area contributed by atoms with Gasteiger partial charge in [-0.15, -0.1) is 0 Å². The highest BCUT2D eigenvalue weighted by Gasteiger charge is 2.26.